The largest absolute Gasteiger partial charge is 0.505 e. The maximum absolute atomic E-state index is 14.4. The summed E-state index contributed by atoms with van der Waals surface area (Å²) in [4.78, 5) is 0. The minimum atomic E-state index is -2.74. The van der Waals surface area contributed by atoms with Crippen molar-refractivity contribution in [3.8, 4) is 11.5 Å². The molecule has 0 heterocycles. The van der Waals surface area contributed by atoms with E-state index in [9.17, 15) is 18.3 Å². The molecular formula is C16H23F3O2. The molecule has 0 aliphatic rings. The van der Waals surface area contributed by atoms with E-state index >= 15 is 0 Å². The molecule has 0 saturated carbocycles. The van der Waals surface area contributed by atoms with Crippen LogP contribution in [0.15, 0.2) is 6.07 Å². The van der Waals surface area contributed by atoms with Gasteiger partial charge < -0.3 is 9.84 Å². The molecule has 120 valence electrons. The fourth-order valence-corrected chi connectivity index (χ4v) is 2.05. The Hall–Kier alpha value is -1.39. The van der Waals surface area contributed by atoms with Crippen molar-refractivity contribution < 1.29 is 23.0 Å². The molecule has 0 spiro atoms. The SMILES string of the molecule is CC(C)c1cc(OC(C)(C)C)c(C(C)C(F)F)c(F)c1O. The predicted octanol–water partition coefficient (Wildman–Crippen LogP) is 5.20. The molecule has 0 amide bonds. The lowest BCUT2D eigenvalue weighted by Crippen LogP contribution is -2.25. The van der Waals surface area contributed by atoms with E-state index in [0.717, 1.165) is 0 Å². The molecule has 2 nitrogen and oxygen atoms in total. The molecule has 0 aromatic heterocycles. The van der Waals surface area contributed by atoms with Crippen LogP contribution in [0, 0.1) is 5.82 Å². The Morgan fingerprint density at radius 1 is 1.14 bits per heavy atom. The second-order valence-corrected chi connectivity index (χ2v) is 6.53. The lowest BCUT2D eigenvalue weighted by molar-refractivity contribution is 0.104. The third-order valence-corrected chi connectivity index (χ3v) is 3.14. The number of benzene rings is 1. The van der Waals surface area contributed by atoms with Crippen molar-refractivity contribution in [1.82, 2.24) is 0 Å². The molecule has 1 atom stereocenters. The highest BCUT2D eigenvalue weighted by Gasteiger charge is 2.30. The van der Waals surface area contributed by atoms with Crippen LogP contribution < -0.4 is 4.74 Å². The van der Waals surface area contributed by atoms with Crippen LogP contribution in [-0.4, -0.2) is 17.1 Å². The van der Waals surface area contributed by atoms with E-state index in [1.54, 1.807) is 34.6 Å². The molecule has 0 aliphatic heterocycles. The van der Waals surface area contributed by atoms with Crippen LogP contribution in [0.5, 0.6) is 11.5 Å². The van der Waals surface area contributed by atoms with E-state index in [1.807, 2.05) is 0 Å². The number of alkyl halides is 2. The van der Waals surface area contributed by atoms with Gasteiger partial charge in [-0.05, 0) is 32.8 Å². The summed E-state index contributed by atoms with van der Waals surface area (Å²) in [6.45, 7) is 10.0. The second kappa shape index (κ2) is 6.16. The van der Waals surface area contributed by atoms with Gasteiger partial charge in [-0.25, -0.2) is 13.2 Å². The number of aromatic hydroxyl groups is 1. The summed E-state index contributed by atoms with van der Waals surface area (Å²) < 4.78 is 46.0. The first kappa shape index (κ1) is 17.7. The van der Waals surface area contributed by atoms with E-state index < -0.39 is 29.5 Å². The first-order chi connectivity index (χ1) is 9.45. The molecule has 0 saturated heterocycles. The van der Waals surface area contributed by atoms with Gasteiger partial charge in [-0.1, -0.05) is 20.8 Å². The molecular weight excluding hydrogens is 281 g/mol. The maximum atomic E-state index is 14.4. The molecule has 0 aliphatic carbocycles. The minimum absolute atomic E-state index is 0.0642. The van der Waals surface area contributed by atoms with Crippen LogP contribution in [0.3, 0.4) is 0 Å². The van der Waals surface area contributed by atoms with Gasteiger partial charge in [0.05, 0.1) is 0 Å². The zero-order chi connectivity index (χ0) is 16.5. The van der Waals surface area contributed by atoms with Gasteiger partial charge in [0.2, 0.25) is 6.43 Å². The highest BCUT2D eigenvalue weighted by Crippen LogP contribution is 2.42. The number of ether oxygens (including phenoxy) is 1. The summed E-state index contributed by atoms with van der Waals surface area (Å²) in [5, 5.41) is 9.93. The first-order valence-corrected chi connectivity index (χ1v) is 6.98. The summed E-state index contributed by atoms with van der Waals surface area (Å²) in [7, 11) is 0. The number of phenolic OH excluding ortho intramolecular Hbond substituents is 1. The third-order valence-electron chi connectivity index (χ3n) is 3.14. The van der Waals surface area contributed by atoms with E-state index in [4.69, 9.17) is 4.74 Å². The van der Waals surface area contributed by atoms with Gasteiger partial charge in [-0.15, -0.1) is 0 Å². The quantitative estimate of drug-likeness (QED) is 0.828. The van der Waals surface area contributed by atoms with Crippen molar-refractivity contribution in [3.05, 3.63) is 23.0 Å². The van der Waals surface area contributed by atoms with Crippen molar-refractivity contribution in [1.29, 1.82) is 0 Å². The average molecular weight is 304 g/mol. The summed E-state index contributed by atoms with van der Waals surface area (Å²) in [6, 6.07) is 1.46. The Balaban J connectivity index is 3.55. The maximum Gasteiger partial charge on any atom is 0.245 e. The van der Waals surface area contributed by atoms with E-state index in [0.29, 0.717) is 5.56 Å². The molecule has 1 unspecified atom stereocenters. The van der Waals surface area contributed by atoms with E-state index in [1.165, 1.54) is 13.0 Å². The molecule has 0 bridgehead atoms. The third kappa shape index (κ3) is 4.05. The van der Waals surface area contributed by atoms with E-state index in [-0.39, 0.29) is 17.2 Å². The Morgan fingerprint density at radius 3 is 2.05 bits per heavy atom. The second-order valence-electron chi connectivity index (χ2n) is 6.53. The first-order valence-electron chi connectivity index (χ1n) is 6.98. The summed E-state index contributed by atoms with van der Waals surface area (Å²) in [6.07, 6.45) is -2.74. The molecule has 21 heavy (non-hydrogen) atoms. The molecule has 5 heteroatoms. The van der Waals surface area contributed by atoms with Gasteiger partial charge in [0.1, 0.15) is 11.4 Å². The number of rotatable bonds is 4. The molecule has 0 radical (unpaired) electrons. The Morgan fingerprint density at radius 2 is 1.67 bits per heavy atom. The summed E-state index contributed by atoms with van der Waals surface area (Å²) in [5.41, 5.74) is -0.590. The zero-order valence-corrected chi connectivity index (χ0v) is 13.3. The molecule has 0 fully saturated rings. The van der Waals surface area contributed by atoms with Crippen molar-refractivity contribution in [3.63, 3.8) is 0 Å². The predicted molar refractivity (Wildman–Crippen MR) is 77.0 cm³/mol. The molecule has 1 aromatic rings. The standard InChI is InChI=1S/C16H23F3O2/c1-8(2)10-7-11(21-16(4,5)6)12(9(3)15(18)19)13(17)14(10)20/h7-9,15,20H,1-6H3. The van der Waals surface area contributed by atoms with Crippen LogP contribution in [0.4, 0.5) is 13.2 Å². The van der Waals surface area contributed by atoms with Crippen LogP contribution >= 0.6 is 0 Å². The van der Waals surface area contributed by atoms with Crippen LogP contribution in [0.2, 0.25) is 0 Å². The monoisotopic (exact) mass is 304 g/mol. The topological polar surface area (TPSA) is 29.5 Å². The van der Waals surface area contributed by atoms with Gasteiger partial charge in [-0.3, -0.25) is 0 Å². The van der Waals surface area contributed by atoms with Crippen molar-refractivity contribution in [2.45, 2.75) is 65.4 Å². The smallest absolute Gasteiger partial charge is 0.245 e. The van der Waals surface area contributed by atoms with E-state index in [2.05, 4.69) is 0 Å². The lowest BCUT2D eigenvalue weighted by Gasteiger charge is -2.27. The number of hydrogen-bond acceptors (Lipinski definition) is 2. The summed E-state index contributed by atoms with van der Waals surface area (Å²) >= 11 is 0. The van der Waals surface area contributed by atoms with Gasteiger partial charge in [-0.2, -0.15) is 0 Å². The van der Waals surface area contributed by atoms with Crippen LogP contribution in [-0.2, 0) is 0 Å². The Bertz CT molecular complexity index is 505. The number of hydrogen-bond donors (Lipinski definition) is 1. The number of phenols is 1. The van der Waals surface area contributed by atoms with Gasteiger partial charge in [0, 0.05) is 17.0 Å². The van der Waals surface area contributed by atoms with Crippen molar-refractivity contribution >= 4 is 0 Å². The zero-order valence-electron chi connectivity index (χ0n) is 13.3. The Kier molecular flexibility index (Phi) is 5.18. The van der Waals surface area contributed by atoms with Crippen molar-refractivity contribution in [2.24, 2.45) is 0 Å². The minimum Gasteiger partial charge on any atom is -0.505 e. The molecule has 1 N–H and O–H groups in total. The lowest BCUT2D eigenvalue weighted by atomic mass is 9.93. The Labute approximate surface area is 123 Å². The fraction of sp³-hybridized carbons (Fsp3) is 0.625. The molecule has 1 rings (SSSR count). The summed E-state index contributed by atoms with van der Waals surface area (Å²) in [5.74, 6) is -3.05. The highest BCUT2D eigenvalue weighted by molar-refractivity contribution is 5.50. The fourth-order valence-electron chi connectivity index (χ4n) is 2.05. The highest BCUT2D eigenvalue weighted by atomic mass is 19.3. The average Bonchev–Trinajstić information content (AvgIpc) is 2.30. The molecule has 1 aromatic carbocycles. The normalized spacial score (nSPS) is 13.9. The van der Waals surface area contributed by atoms with Gasteiger partial charge in [0.25, 0.3) is 0 Å². The van der Waals surface area contributed by atoms with Gasteiger partial charge in [0.15, 0.2) is 11.6 Å². The van der Waals surface area contributed by atoms with Crippen LogP contribution in [0.1, 0.15) is 64.5 Å². The van der Waals surface area contributed by atoms with Crippen molar-refractivity contribution in [2.75, 3.05) is 0 Å². The van der Waals surface area contributed by atoms with Gasteiger partial charge >= 0.3 is 0 Å². The number of halogens is 3. The van der Waals surface area contributed by atoms with Crippen LogP contribution in [0.25, 0.3) is 0 Å².